The summed E-state index contributed by atoms with van der Waals surface area (Å²) in [6.07, 6.45) is 5.61. The highest BCUT2D eigenvalue weighted by molar-refractivity contribution is 7.97. The van der Waals surface area contributed by atoms with E-state index in [2.05, 4.69) is 9.98 Å². The molecule has 0 spiro atoms. The van der Waals surface area contributed by atoms with Gasteiger partial charge in [0.15, 0.2) is 0 Å². The topological polar surface area (TPSA) is 45.5 Å². The highest BCUT2D eigenvalue weighted by Crippen LogP contribution is 2.26. The summed E-state index contributed by atoms with van der Waals surface area (Å²) in [6.45, 7) is 4.21. The van der Waals surface area contributed by atoms with Crippen molar-refractivity contribution in [3.63, 3.8) is 0 Å². The van der Waals surface area contributed by atoms with Crippen LogP contribution in [0, 0.1) is 6.92 Å². The molecule has 0 fully saturated rings. The maximum Gasteiger partial charge on any atom is 0.142 e. The molecule has 4 heteroatoms. The fourth-order valence-electron chi connectivity index (χ4n) is 1.32. The molecule has 0 radical (unpaired) electrons. The van der Waals surface area contributed by atoms with Crippen molar-refractivity contribution in [3.05, 3.63) is 23.0 Å². The van der Waals surface area contributed by atoms with Gasteiger partial charge in [0.05, 0.1) is 12.2 Å². The number of aliphatic imine (C=N–C) groups is 1. The number of rotatable bonds is 4. The third-order valence-corrected chi connectivity index (χ3v) is 2.76. The minimum absolute atomic E-state index is 0.284. The number of aryl methyl sites for hydroxylation is 1. The number of aromatic hydroxyl groups is 1. The Morgan fingerprint density at radius 2 is 2.33 bits per heavy atom. The molecule has 1 aromatic rings. The summed E-state index contributed by atoms with van der Waals surface area (Å²) in [7, 11) is 0. The van der Waals surface area contributed by atoms with Gasteiger partial charge in [-0.25, -0.2) is 0 Å². The molecule has 0 atom stereocenters. The molecule has 0 aromatic carbocycles. The lowest BCUT2D eigenvalue weighted by atomic mass is 10.1. The Balaban J connectivity index is 3.09. The summed E-state index contributed by atoms with van der Waals surface area (Å²) >= 11 is 1.71. The van der Waals surface area contributed by atoms with E-state index in [1.165, 1.54) is 0 Å². The van der Waals surface area contributed by atoms with Gasteiger partial charge in [0.2, 0.25) is 0 Å². The first-order chi connectivity index (χ1) is 7.20. The molecule has 0 saturated carbocycles. The van der Waals surface area contributed by atoms with Crippen LogP contribution < -0.4 is 0 Å². The molecule has 0 amide bonds. The predicted octanol–water partition coefficient (Wildman–Crippen LogP) is 2.55. The minimum atomic E-state index is 0.284. The number of pyridine rings is 1. The molecule has 0 unspecified atom stereocenters. The summed E-state index contributed by atoms with van der Waals surface area (Å²) in [6, 6.07) is 0. The average molecular weight is 224 g/mol. The Hall–Kier alpha value is -1.03. The van der Waals surface area contributed by atoms with Crippen LogP contribution in [0.2, 0.25) is 0 Å². The summed E-state index contributed by atoms with van der Waals surface area (Å²) < 4.78 is 0. The predicted molar refractivity (Wildman–Crippen MR) is 65.7 cm³/mol. The summed E-state index contributed by atoms with van der Waals surface area (Å²) in [5.74, 6) is 1.14. The second-order valence-electron chi connectivity index (χ2n) is 3.23. The van der Waals surface area contributed by atoms with E-state index in [4.69, 9.17) is 0 Å². The van der Waals surface area contributed by atoms with Crippen LogP contribution in [-0.2, 0) is 12.3 Å². The van der Waals surface area contributed by atoms with E-state index in [-0.39, 0.29) is 5.75 Å². The highest BCUT2D eigenvalue weighted by Gasteiger charge is 2.10. The molecule has 0 aliphatic carbocycles. The molecule has 0 bridgehead atoms. The standard InChI is InChI=1S/C11H16N2OS/c1-4-12-6-10-9(7-15-3)5-13-8(2)11(10)14/h4-5,14H,6-7H2,1-3H3. The molecule has 0 aliphatic rings. The lowest BCUT2D eigenvalue weighted by Crippen LogP contribution is -1.96. The molecular formula is C11H16N2OS. The molecule has 0 aliphatic heterocycles. The first kappa shape index (κ1) is 12.0. The zero-order chi connectivity index (χ0) is 11.3. The zero-order valence-electron chi connectivity index (χ0n) is 9.32. The number of hydrogen-bond acceptors (Lipinski definition) is 4. The quantitative estimate of drug-likeness (QED) is 0.799. The smallest absolute Gasteiger partial charge is 0.142 e. The van der Waals surface area contributed by atoms with Gasteiger partial charge < -0.3 is 5.11 Å². The van der Waals surface area contributed by atoms with Gasteiger partial charge in [-0.1, -0.05) is 0 Å². The third kappa shape index (κ3) is 2.96. The van der Waals surface area contributed by atoms with Gasteiger partial charge >= 0.3 is 0 Å². The summed E-state index contributed by atoms with van der Waals surface area (Å²) in [5, 5.41) is 9.89. The summed E-state index contributed by atoms with van der Waals surface area (Å²) in [5.41, 5.74) is 2.63. The van der Waals surface area contributed by atoms with Crippen LogP contribution in [0.1, 0.15) is 23.7 Å². The van der Waals surface area contributed by atoms with Crippen LogP contribution in [0.5, 0.6) is 5.75 Å². The van der Waals surface area contributed by atoms with Crippen molar-refractivity contribution < 1.29 is 5.11 Å². The molecule has 1 N–H and O–H groups in total. The number of thioether (sulfide) groups is 1. The van der Waals surface area contributed by atoms with Crippen molar-refractivity contribution in [2.24, 2.45) is 4.99 Å². The Morgan fingerprint density at radius 1 is 1.60 bits per heavy atom. The van der Waals surface area contributed by atoms with Crippen LogP contribution in [-0.4, -0.2) is 22.6 Å². The van der Waals surface area contributed by atoms with Gasteiger partial charge in [-0.3, -0.25) is 9.98 Å². The Morgan fingerprint density at radius 3 is 2.93 bits per heavy atom. The van der Waals surface area contributed by atoms with E-state index in [1.807, 2.05) is 19.4 Å². The van der Waals surface area contributed by atoms with Gasteiger partial charge in [-0.15, -0.1) is 0 Å². The second kappa shape index (κ2) is 5.75. The van der Waals surface area contributed by atoms with Crippen LogP contribution in [0.3, 0.4) is 0 Å². The van der Waals surface area contributed by atoms with E-state index >= 15 is 0 Å². The Kier molecular flexibility index (Phi) is 4.62. The second-order valence-corrected chi connectivity index (χ2v) is 4.09. The molecule has 1 aromatic heterocycles. The van der Waals surface area contributed by atoms with E-state index in [9.17, 15) is 5.11 Å². The van der Waals surface area contributed by atoms with Crippen molar-refractivity contribution in [1.82, 2.24) is 4.98 Å². The van der Waals surface area contributed by atoms with E-state index in [1.54, 1.807) is 24.9 Å². The van der Waals surface area contributed by atoms with Gasteiger partial charge in [0.25, 0.3) is 0 Å². The van der Waals surface area contributed by atoms with Gasteiger partial charge in [0, 0.05) is 17.5 Å². The number of hydrogen-bond donors (Lipinski definition) is 1. The fraction of sp³-hybridized carbons (Fsp3) is 0.455. The maximum atomic E-state index is 9.89. The van der Waals surface area contributed by atoms with Gasteiger partial charge in [-0.05, 0) is 31.9 Å². The van der Waals surface area contributed by atoms with Crippen molar-refractivity contribution in [3.8, 4) is 5.75 Å². The normalized spacial score (nSPS) is 11.1. The molecule has 1 heterocycles. The zero-order valence-corrected chi connectivity index (χ0v) is 10.1. The van der Waals surface area contributed by atoms with E-state index in [0.29, 0.717) is 12.2 Å². The van der Waals surface area contributed by atoms with Crippen molar-refractivity contribution in [2.75, 3.05) is 6.26 Å². The van der Waals surface area contributed by atoms with E-state index < -0.39 is 0 Å². The van der Waals surface area contributed by atoms with Crippen molar-refractivity contribution >= 4 is 18.0 Å². The van der Waals surface area contributed by atoms with Gasteiger partial charge in [0.1, 0.15) is 5.75 Å². The van der Waals surface area contributed by atoms with Gasteiger partial charge in [-0.2, -0.15) is 11.8 Å². The minimum Gasteiger partial charge on any atom is -0.506 e. The lowest BCUT2D eigenvalue weighted by molar-refractivity contribution is 0.459. The largest absolute Gasteiger partial charge is 0.506 e. The first-order valence-corrected chi connectivity index (χ1v) is 6.19. The highest BCUT2D eigenvalue weighted by atomic mass is 32.2. The first-order valence-electron chi connectivity index (χ1n) is 4.80. The SMILES string of the molecule is CC=NCc1c(CSC)cnc(C)c1O. The van der Waals surface area contributed by atoms with Crippen LogP contribution in [0.15, 0.2) is 11.2 Å². The molecule has 15 heavy (non-hydrogen) atoms. The monoisotopic (exact) mass is 224 g/mol. The van der Waals surface area contributed by atoms with Crippen molar-refractivity contribution in [2.45, 2.75) is 26.1 Å². The number of nitrogens with zero attached hydrogens (tertiary/aromatic N) is 2. The molecule has 1 rings (SSSR count). The molecule has 82 valence electrons. The maximum absolute atomic E-state index is 9.89. The van der Waals surface area contributed by atoms with Crippen LogP contribution >= 0.6 is 11.8 Å². The lowest BCUT2D eigenvalue weighted by Gasteiger charge is -2.09. The third-order valence-electron chi connectivity index (χ3n) is 2.16. The Bertz CT molecular complexity index is 364. The molecule has 0 saturated heterocycles. The molecular weight excluding hydrogens is 208 g/mol. The fourth-order valence-corrected chi connectivity index (χ4v) is 1.88. The Labute approximate surface area is 94.7 Å². The van der Waals surface area contributed by atoms with Crippen LogP contribution in [0.4, 0.5) is 0 Å². The van der Waals surface area contributed by atoms with E-state index in [0.717, 1.165) is 16.9 Å². The molecule has 3 nitrogen and oxygen atoms in total. The average Bonchev–Trinajstić information content (AvgIpc) is 2.23. The number of aromatic nitrogens is 1. The van der Waals surface area contributed by atoms with Crippen LogP contribution in [0.25, 0.3) is 0 Å². The van der Waals surface area contributed by atoms with Crippen molar-refractivity contribution in [1.29, 1.82) is 0 Å². The summed E-state index contributed by atoms with van der Waals surface area (Å²) in [4.78, 5) is 8.32.